The van der Waals surface area contributed by atoms with Crippen molar-refractivity contribution in [1.29, 1.82) is 0 Å². The van der Waals surface area contributed by atoms with Gasteiger partial charge in [-0.15, -0.1) is 0 Å². The van der Waals surface area contributed by atoms with Gasteiger partial charge in [0.1, 0.15) is 0 Å². The largest absolute Gasteiger partial charge is 0.350 e. The van der Waals surface area contributed by atoms with Crippen molar-refractivity contribution in [3.63, 3.8) is 0 Å². The zero-order valence-electron chi connectivity index (χ0n) is 15.6. The fraction of sp³-hybridized carbons (Fsp3) is 0.632. The van der Waals surface area contributed by atoms with Crippen LogP contribution in [0.1, 0.15) is 49.9 Å². The predicted molar refractivity (Wildman–Crippen MR) is 102 cm³/mol. The number of carbonyl (C=O) groups is 1. The topological polar surface area (TPSA) is 78.5 Å². The maximum absolute atomic E-state index is 12.5. The van der Waals surface area contributed by atoms with Gasteiger partial charge >= 0.3 is 0 Å². The van der Waals surface area contributed by atoms with E-state index in [1.807, 2.05) is 0 Å². The first-order chi connectivity index (χ1) is 12.3. The molecule has 0 spiro atoms. The summed E-state index contributed by atoms with van der Waals surface area (Å²) >= 11 is 0. The Balaban J connectivity index is 1.57. The Bertz CT molecular complexity index is 738. The third-order valence-electron chi connectivity index (χ3n) is 5.31. The highest BCUT2D eigenvalue weighted by atomic mass is 32.2. The summed E-state index contributed by atoms with van der Waals surface area (Å²) in [6, 6.07) is 6.57. The van der Waals surface area contributed by atoms with Crippen LogP contribution in [0.5, 0.6) is 0 Å². The molecule has 2 fully saturated rings. The van der Waals surface area contributed by atoms with Crippen LogP contribution in [0.25, 0.3) is 0 Å². The van der Waals surface area contributed by atoms with E-state index in [0.29, 0.717) is 12.1 Å². The Labute approximate surface area is 156 Å². The van der Waals surface area contributed by atoms with Gasteiger partial charge < -0.3 is 5.32 Å². The number of carbonyl (C=O) groups excluding carboxylic acids is 1. The molecular weight excluding hydrogens is 350 g/mol. The number of likely N-dealkylation sites (tertiary alicyclic amines) is 1. The molecule has 1 saturated heterocycles. The molecule has 144 valence electrons. The smallest absolute Gasteiger partial charge is 0.251 e. The van der Waals surface area contributed by atoms with Crippen LogP contribution in [-0.2, 0) is 10.0 Å². The molecule has 1 aromatic carbocycles. The maximum atomic E-state index is 12.5. The zero-order valence-corrected chi connectivity index (χ0v) is 16.4. The van der Waals surface area contributed by atoms with Crippen molar-refractivity contribution in [2.45, 2.75) is 56.5 Å². The van der Waals surface area contributed by atoms with E-state index < -0.39 is 10.0 Å². The van der Waals surface area contributed by atoms with E-state index in [4.69, 9.17) is 0 Å². The molecule has 1 saturated carbocycles. The highest BCUT2D eigenvalue weighted by molar-refractivity contribution is 7.89. The van der Waals surface area contributed by atoms with Crippen LogP contribution in [-0.4, -0.2) is 50.9 Å². The van der Waals surface area contributed by atoms with Crippen LogP contribution in [0.3, 0.4) is 0 Å². The average Bonchev–Trinajstić information content (AvgIpc) is 3.43. The van der Waals surface area contributed by atoms with Crippen LogP contribution in [0, 0.1) is 5.92 Å². The molecule has 3 rings (SSSR count). The quantitative estimate of drug-likeness (QED) is 0.759. The molecule has 2 N–H and O–H groups in total. The van der Waals surface area contributed by atoms with Crippen molar-refractivity contribution in [3.8, 4) is 0 Å². The van der Waals surface area contributed by atoms with Crippen LogP contribution >= 0.6 is 0 Å². The molecule has 0 aromatic heterocycles. The van der Waals surface area contributed by atoms with Crippen LogP contribution < -0.4 is 10.0 Å². The van der Waals surface area contributed by atoms with E-state index in [0.717, 1.165) is 31.8 Å². The maximum Gasteiger partial charge on any atom is 0.251 e. The molecule has 1 heterocycles. The first-order valence-electron chi connectivity index (χ1n) is 9.50. The molecule has 0 bridgehead atoms. The standard InChI is InChI=1S/C19H29N3O3S/c1-14-8-10-22(11-9-14)15(2)13-20-19(23)16-4-3-5-18(12-16)26(24,25)21-17-6-7-17/h3-5,12,14-15,17,21H,6-11,13H2,1-2H3,(H,20,23). The van der Waals surface area contributed by atoms with E-state index in [-0.39, 0.29) is 22.9 Å². The number of hydrogen-bond acceptors (Lipinski definition) is 4. The Morgan fingerprint density at radius 3 is 2.58 bits per heavy atom. The van der Waals surface area contributed by atoms with E-state index in [1.54, 1.807) is 12.1 Å². The molecular formula is C19H29N3O3S. The van der Waals surface area contributed by atoms with Gasteiger partial charge in [0.25, 0.3) is 5.91 Å². The van der Waals surface area contributed by atoms with Gasteiger partial charge in [-0.25, -0.2) is 13.1 Å². The Morgan fingerprint density at radius 2 is 1.92 bits per heavy atom. The summed E-state index contributed by atoms with van der Waals surface area (Å²) in [6.07, 6.45) is 4.16. The molecule has 6 nitrogen and oxygen atoms in total. The molecule has 7 heteroatoms. The van der Waals surface area contributed by atoms with E-state index in [1.165, 1.54) is 25.0 Å². The van der Waals surface area contributed by atoms with Crippen molar-refractivity contribution < 1.29 is 13.2 Å². The molecule has 1 amide bonds. The fourth-order valence-electron chi connectivity index (χ4n) is 3.23. The Hall–Kier alpha value is -1.44. The normalized spacial score (nSPS) is 20.7. The second-order valence-electron chi connectivity index (χ2n) is 7.70. The number of hydrogen-bond donors (Lipinski definition) is 2. The lowest BCUT2D eigenvalue weighted by Gasteiger charge is -2.35. The van der Waals surface area contributed by atoms with Crippen molar-refractivity contribution in [2.75, 3.05) is 19.6 Å². The van der Waals surface area contributed by atoms with Gasteiger partial charge in [-0.1, -0.05) is 13.0 Å². The third-order valence-corrected chi connectivity index (χ3v) is 6.82. The van der Waals surface area contributed by atoms with Gasteiger partial charge in [-0.3, -0.25) is 9.69 Å². The van der Waals surface area contributed by atoms with Gasteiger partial charge in [0.15, 0.2) is 0 Å². The number of sulfonamides is 1. The van der Waals surface area contributed by atoms with Crippen molar-refractivity contribution in [2.24, 2.45) is 5.92 Å². The lowest BCUT2D eigenvalue weighted by molar-refractivity contribution is 0.0921. The minimum Gasteiger partial charge on any atom is -0.350 e. The number of piperidine rings is 1. The third kappa shape index (κ3) is 5.05. The monoisotopic (exact) mass is 379 g/mol. The summed E-state index contributed by atoms with van der Waals surface area (Å²) in [7, 11) is -3.54. The van der Waals surface area contributed by atoms with Gasteiger partial charge in [0, 0.05) is 24.2 Å². The summed E-state index contributed by atoms with van der Waals surface area (Å²) in [5, 5.41) is 2.94. The first-order valence-corrected chi connectivity index (χ1v) is 11.0. The summed E-state index contributed by atoms with van der Waals surface area (Å²) in [4.78, 5) is 15.0. The van der Waals surface area contributed by atoms with Crippen molar-refractivity contribution >= 4 is 15.9 Å². The van der Waals surface area contributed by atoms with Crippen molar-refractivity contribution in [1.82, 2.24) is 14.9 Å². The van der Waals surface area contributed by atoms with Crippen LogP contribution in [0.2, 0.25) is 0 Å². The Kier molecular flexibility index (Phi) is 5.99. The van der Waals surface area contributed by atoms with Gasteiger partial charge in [-0.2, -0.15) is 0 Å². The molecule has 1 aromatic rings. The zero-order chi connectivity index (χ0) is 18.7. The number of benzene rings is 1. The second kappa shape index (κ2) is 8.06. The molecule has 2 aliphatic rings. The van der Waals surface area contributed by atoms with Crippen molar-refractivity contribution in [3.05, 3.63) is 29.8 Å². The predicted octanol–water partition coefficient (Wildman–Crippen LogP) is 1.98. The van der Waals surface area contributed by atoms with E-state index >= 15 is 0 Å². The van der Waals surface area contributed by atoms with Crippen LogP contribution in [0.4, 0.5) is 0 Å². The summed E-state index contributed by atoms with van der Waals surface area (Å²) in [6.45, 7) is 7.10. The van der Waals surface area contributed by atoms with Gasteiger partial charge in [0.05, 0.1) is 4.90 Å². The van der Waals surface area contributed by atoms with Gasteiger partial charge in [0.2, 0.25) is 10.0 Å². The number of amides is 1. The second-order valence-corrected chi connectivity index (χ2v) is 9.41. The van der Waals surface area contributed by atoms with Crippen LogP contribution in [0.15, 0.2) is 29.2 Å². The first kappa shape index (κ1) is 19.3. The summed E-state index contributed by atoms with van der Waals surface area (Å²) in [5.41, 5.74) is 0.378. The molecule has 1 unspecified atom stereocenters. The molecule has 1 atom stereocenters. The highest BCUT2D eigenvalue weighted by Crippen LogP contribution is 2.22. The highest BCUT2D eigenvalue weighted by Gasteiger charge is 2.28. The van der Waals surface area contributed by atoms with E-state index in [9.17, 15) is 13.2 Å². The molecule has 26 heavy (non-hydrogen) atoms. The molecule has 1 aliphatic heterocycles. The minimum atomic E-state index is -3.54. The SMILES string of the molecule is CC1CCN(C(C)CNC(=O)c2cccc(S(=O)(=O)NC3CC3)c2)CC1. The average molecular weight is 380 g/mol. The number of rotatable bonds is 7. The molecule has 1 aliphatic carbocycles. The summed E-state index contributed by atoms with van der Waals surface area (Å²) < 4.78 is 27.3. The van der Waals surface area contributed by atoms with E-state index in [2.05, 4.69) is 28.8 Å². The Morgan fingerprint density at radius 1 is 1.23 bits per heavy atom. The van der Waals surface area contributed by atoms with Gasteiger partial charge in [-0.05, 0) is 69.8 Å². The minimum absolute atomic E-state index is 0.0468. The summed E-state index contributed by atoms with van der Waals surface area (Å²) in [5.74, 6) is 0.549. The lowest BCUT2D eigenvalue weighted by Crippen LogP contribution is -2.45. The molecule has 0 radical (unpaired) electrons. The lowest BCUT2D eigenvalue weighted by atomic mass is 9.98. The fourth-order valence-corrected chi connectivity index (χ4v) is 4.58. The number of nitrogens with zero attached hydrogens (tertiary/aromatic N) is 1. The number of nitrogens with one attached hydrogen (secondary N) is 2.